The molecule has 9 nitrogen and oxygen atoms in total. The third-order valence-corrected chi connectivity index (χ3v) is 10.2. The summed E-state index contributed by atoms with van der Waals surface area (Å²) in [5.74, 6) is -1.34. The topological polar surface area (TPSA) is 105 Å². The monoisotopic (exact) mass is 669 g/mol. The molecule has 0 aromatic heterocycles. The van der Waals surface area contributed by atoms with Crippen LogP contribution >= 0.6 is 62.5 Å². The number of carbonyl (C=O) groups excluding carboxylic acids is 4. The van der Waals surface area contributed by atoms with Gasteiger partial charge in [-0.1, -0.05) is 68.9 Å². The number of amides is 3. The van der Waals surface area contributed by atoms with Crippen LogP contribution in [0.15, 0.2) is 30.3 Å². The third kappa shape index (κ3) is 6.49. The lowest BCUT2D eigenvalue weighted by Gasteiger charge is -2.44. The normalized spacial score (nSPS) is 27.2. The van der Waals surface area contributed by atoms with Gasteiger partial charge >= 0.3 is 12.1 Å². The molecule has 1 aromatic carbocycles. The van der Waals surface area contributed by atoms with Crippen LogP contribution in [0.25, 0.3) is 0 Å². The van der Waals surface area contributed by atoms with E-state index in [1.54, 1.807) is 30.3 Å². The first-order valence-corrected chi connectivity index (χ1v) is 15.1. The fourth-order valence-corrected chi connectivity index (χ4v) is 6.95. The number of para-hydroxylation sites is 1. The number of alkyl halides is 4. The van der Waals surface area contributed by atoms with E-state index < -0.39 is 56.5 Å². The van der Waals surface area contributed by atoms with Crippen LogP contribution < -0.4 is 10.2 Å². The summed E-state index contributed by atoms with van der Waals surface area (Å²) < 4.78 is 8.24. The Morgan fingerprint density at radius 1 is 1.26 bits per heavy atom. The number of ether oxygens (including phenoxy) is 2. The summed E-state index contributed by atoms with van der Waals surface area (Å²) >= 11 is 21.9. The zero-order chi connectivity index (χ0) is 27.8. The number of hydrogen-bond donors (Lipinski definition) is 1. The molecule has 1 saturated carbocycles. The molecule has 4 unspecified atom stereocenters. The van der Waals surface area contributed by atoms with Gasteiger partial charge in [0.25, 0.3) is 0 Å². The lowest BCUT2D eigenvalue weighted by atomic mass is 9.96. The minimum Gasteiger partial charge on any atom is -0.460 e. The molecule has 2 heterocycles. The number of rotatable bonds is 9. The molecule has 208 valence electrons. The SMILES string of the molecule is CC(OC(=O)N(CC(=O)NC1C(=O)N2C(C(=O)OCC(Cl)(Cl)Cl)C(C)(CBr)S[C@H]12)c1ccccc1)C1CC1. The highest BCUT2D eigenvalue weighted by molar-refractivity contribution is 9.09. The highest BCUT2D eigenvalue weighted by atomic mass is 79.9. The number of β-lactam (4-membered cyclic amide) rings is 1. The van der Waals surface area contributed by atoms with Gasteiger partial charge < -0.3 is 19.7 Å². The predicted molar refractivity (Wildman–Crippen MR) is 150 cm³/mol. The molecule has 38 heavy (non-hydrogen) atoms. The molecule has 4 rings (SSSR count). The summed E-state index contributed by atoms with van der Waals surface area (Å²) in [6, 6.07) is 6.89. The lowest BCUT2D eigenvalue weighted by molar-refractivity contribution is -0.164. The second-order valence-electron chi connectivity index (χ2n) is 9.72. The minimum absolute atomic E-state index is 0.256. The van der Waals surface area contributed by atoms with E-state index in [1.807, 2.05) is 13.8 Å². The number of nitrogens with zero attached hydrogens (tertiary/aromatic N) is 2. The van der Waals surface area contributed by atoms with Crippen LogP contribution in [0.2, 0.25) is 0 Å². The molecule has 3 fully saturated rings. The second-order valence-corrected chi connectivity index (χ2v) is 14.4. The van der Waals surface area contributed by atoms with Crippen molar-refractivity contribution in [2.24, 2.45) is 5.92 Å². The van der Waals surface area contributed by atoms with Crippen molar-refractivity contribution in [1.82, 2.24) is 10.2 Å². The average molecular weight is 672 g/mol. The number of thioether (sulfide) groups is 1. The van der Waals surface area contributed by atoms with Crippen LogP contribution in [-0.4, -0.2) is 79.4 Å². The van der Waals surface area contributed by atoms with Crippen molar-refractivity contribution in [2.75, 3.05) is 23.4 Å². The Kier molecular flexibility index (Phi) is 9.03. The Morgan fingerprint density at radius 3 is 2.50 bits per heavy atom. The largest absolute Gasteiger partial charge is 0.460 e. The van der Waals surface area contributed by atoms with Crippen LogP contribution in [0.3, 0.4) is 0 Å². The van der Waals surface area contributed by atoms with E-state index in [4.69, 9.17) is 44.3 Å². The van der Waals surface area contributed by atoms with Crippen LogP contribution in [0.4, 0.5) is 10.5 Å². The standard InChI is InChI=1S/C24H27BrCl3N3O6S/c1-13(14-8-9-14)37-22(35)30(15-6-4-3-5-7-15)10-16(32)29-17-19(33)31-18(21(34)36-12-24(26,27)28)23(2,11-25)38-20(17)31/h3-7,13-14,17-18,20H,8-12H2,1-2H3,(H,29,32)/t13?,17?,18?,20-,23?/m1/s1. The van der Waals surface area contributed by atoms with Gasteiger partial charge in [-0.15, -0.1) is 11.8 Å². The lowest BCUT2D eigenvalue weighted by Crippen LogP contribution is -2.71. The van der Waals surface area contributed by atoms with Crippen LogP contribution in [0.5, 0.6) is 0 Å². The molecule has 0 bridgehead atoms. The molecule has 0 spiro atoms. The summed E-state index contributed by atoms with van der Waals surface area (Å²) in [5.41, 5.74) is 0.496. The van der Waals surface area contributed by atoms with Crippen molar-refractivity contribution in [2.45, 2.75) is 58.8 Å². The van der Waals surface area contributed by atoms with E-state index in [-0.39, 0.29) is 12.6 Å². The Balaban J connectivity index is 1.43. The molecular weight excluding hydrogens is 645 g/mol. The number of anilines is 1. The summed E-state index contributed by atoms with van der Waals surface area (Å²) in [4.78, 5) is 54.7. The smallest absolute Gasteiger partial charge is 0.415 e. The summed E-state index contributed by atoms with van der Waals surface area (Å²) in [5, 5.41) is 2.59. The molecular formula is C24H27BrCl3N3O6S. The Morgan fingerprint density at radius 2 is 1.92 bits per heavy atom. The average Bonchev–Trinajstić information content (AvgIpc) is 3.68. The molecule has 2 aliphatic heterocycles. The van der Waals surface area contributed by atoms with E-state index in [2.05, 4.69) is 21.2 Å². The van der Waals surface area contributed by atoms with Crippen molar-refractivity contribution in [1.29, 1.82) is 0 Å². The van der Waals surface area contributed by atoms with E-state index in [1.165, 1.54) is 21.6 Å². The van der Waals surface area contributed by atoms with Gasteiger partial charge in [0.05, 0.1) is 4.75 Å². The number of carbonyl (C=O) groups is 4. The fourth-order valence-electron chi connectivity index (χ4n) is 4.47. The molecule has 3 aliphatic rings. The predicted octanol–water partition coefficient (Wildman–Crippen LogP) is 4.26. The number of fused-ring (bicyclic) bond motifs is 1. The molecule has 2 saturated heterocycles. The summed E-state index contributed by atoms with van der Waals surface area (Å²) in [6.07, 6.45) is 1.12. The third-order valence-electron chi connectivity index (χ3n) is 6.67. The van der Waals surface area contributed by atoms with Gasteiger partial charge in [-0.2, -0.15) is 0 Å². The Hall–Kier alpha value is -1.40. The molecule has 3 amide bonds. The molecule has 1 aliphatic carbocycles. The van der Waals surface area contributed by atoms with Gasteiger partial charge in [0.2, 0.25) is 15.6 Å². The number of halogens is 4. The van der Waals surface area contributed by atoms with E-state index in [9.17, 15) is 19.2 Å². The summed E-state index contributed by atoms with van der Waals surface area (Å²) in [7, 11) is 0. The maximum absolute atomic E-state index is 13.1. The van der Waals surface area contributed by atoms with Crippen molar-refractivity contribution >= 4 is 92.1 Å². The number of nitrogens with one attached hydrogen (secondary N) is 1. The van der Waals surface area contributed by atoms with E-state index in [0.29, 0.717) is 16.9 Å². The van der Waals surface area contributed by atoms with Crippen molar-refractivity contribution in [3.8, 4) is 0 Å². The highest BCUT2D eigenvalue weighted by Crippen LogP contribution is 2.52. The van der Waals surface area contributed by atoms with Gasteiger partial charge in [0.15, 0.2) is 0 Å². The van der Waals surface area contributed by atoms with Gasteiger partial charge in [-0.25, -0.2) is 9.59 Å². The number of esters is 1. The Bertz CT molecular complexity index is 1090. The molecule has 0 radical (unpaired) electrons. The number of benzene rings is 1. The molecule has 14 heteroatoms. The summed E-state index contributed by atoms with van der Waals surface area (Å²) in [6.45, 7) is 2.85. The zero-order valence-corrected chi connectivity index (χ0v) is 25.2. The van der Waals surface area contributed by atoms with Gasteiger partial charge in [0, 0.05) is 11.0 Å². The maximum Gasteiger partial charge on any atom is 0.415 e. The van der Waals surface area contributed by atoms with Gasteiger partial charge in [0.1, 0.15) is 36.7 Å². The fraction of sp³-hybridized carbons (Fsp3) is 0.583. The minimum atomic E-state index is -1.79. The van der Waals surface area contributed by atoms with Crippen molar-refractivity contribution in [3.05, 3.63) is 30.3 Å². The van der Waals surface area contributed by atoms with Crippen LogP contribution in [0.1, 0.15) is 26.7 Å². The zero-order valence-electron chi connectivity index (χ0n) is 20.6. The molecule has 1 N–H and O–H groups in total. The van der Waals surface area contributed by atoms with Crippen molar-refractivity contribution < 1.29 is 28.7 Å². The van der Waals surface area contributed by atoms with Gasteiger partial charge in [-0.3, -0.25) is 14.5 Å². The van der Waals surface area contributed by atoms with Crippen LogP contribution in [-0.2, 0) is 23.9 Å². The first-order chi connectivity index (χ1) is 17.8. The molecule has 1 aromatic rings. The van der Waals surface area contributed by atoms with Crippen LogP contribution in [0, 0.1) is 5.92 Å². The Labute approximate surface area is 248 Å². The highest BCUT2D eigenvalue weighted by Gasteiger charge is 2.65. The second kappa shape index (κ2) is 11.6. The molecule has 5 atom stereocenters. The quantitative estimate of drug-likeness (QED) is 0.238. The van der Waals surface area contributed by atoms with E-state index in [0.717, 1.165) is 12.8 Å². The van der Waals surface area contributed by atoms with E-state index >= 15 is 0 Å². The maximum atomic E-state index is 13.1. The first-order valence-electron chi connectivity index (χ1n) is 12.0. The first kappa shape index (κ1) is 29.6. The van der Waals surface area contributed by atoms with Crippen molar-refractivity contribution in [3.63, 3.8) is 0 Å². The number of hydrogen-bond acceptors (Lipinski definition) is 7. The van der Waals surface area contributed by atoms with Gasteiger partial charge in [-0.05, 0) is 44.7 Å².